The Morgan fingerprint density at radius 1 is 1.00 bits per heavy atom. The van der Waals surface area contributed by atoms with Gasteiger partial charge in [0.2, 0.25) is 5.95 Å². The van der Waals surface area contributed by atoms with E-state index in [1.54, 1.807) is 0 Å². The molecule has 1 aromatic carbocycles. The number of aromatic nitrogens is 2. The molecule has 3 aliphatic rings. The number of carbonyl (C=O) groups excluding carboxylic acids is 1. The fourth-order valence-corrected chi connectivity index (χ4v) is 4.92. The lowest BCUT2D eigenvalue weighted by Gasteiger charge is -2.35. The minimum atomic E-state index is -0.137. The minimum absolute atomic E-state index is 0.137. The zero-order chi connectivity index (χ0) is 21.2. The predicted octanol–water partition coefficient (Wildman–Crippen LogP) is 3.47. The summed E-state index contributed by atoms with van der Waals surface area (Å²) in [6.07, 6.45) is 4.35. The Morgan fingerprint density at radius 3 is 2.42 bits per heavy atom. The highest BCUT2D eigenvalue weighted by atomic mass is 16.6. The van der Waals surface area contributed by atoms with Crippen molar-refractivity contribution in [2.75, 3.05) is 44.2 Å². The second-order valence-corrected chi connectivity index (χ2v) is 8.90. The molecule has 0 unspecified atom stereocenters. The number of ether oxygens (including phenoxy) is 1. The van der Waals surface area contributed by atoms with Gasteiger partial charge in [-0.2, -0.15) is 0 Å². The summed E-state index contributed by atoms with van der Waals surface area (Å²) in [5, 5.41) is 0. The molecule has 0 N–H and O–H groups in total. The second-order valence-electron chi connectivity index (χ2n) is 8.90. The van der Waals surface area contributed by atoms with Gasteiger partial charge in [0, 0.05) is 50.0 Å². The van der Waals surface area contributed by atoms with Crippen molar-refractivity contribution in [2.45, 2.75) is 45.2 Å². The average Bonchev–Trinajstić information content (AvgIpc) is 3.47. The van der Waals surface area contributed by atoms with Crippen molar-refractivity contribution in [1.29, 1.82) is 0 Å². The van der Waals surface area contributed by atoms with Gasteiger partial charge in [-0.25, -0.2) is 14.8 Å². The van der Waals surface area contributed by atoms with E-state index in [0.29, 0.717) is 12.6 Å². The number of carbonyl (C=O) groups is 1. The Hall–Kier alpha value is -2.67. The standard InChI is InChI=1S/C24H31N5O2/c1-18-16-22(26-23(25-18)28-10-2-3-11-28)20-6-4-19(5-7-20)17-27-12-8-21(9-13-27)29-14-15-31-24(29)30/h4-7,16,21H,2-3,8-15,17H2,1H3. The number of hydrogen-bond acceptors (Lipinski definition) is 6. The first-order chi connectivity index (χ1) is 15.2. The molecular formula is C24H31N5O2. The van der Waals surface area contributed by atoms with Crippen molar-refractivity contribution in [2.24, 2.45) is 0 Å². The number of amides is 1. The molecule has 0 bridgehead atoms. The summed E-state index contributed by atoms with van der Waals surface area (Å²) in [5.41, 5.74) is 4.47. The van der Waals surface area contributed by atoms with E-state index in [9.17, 15) is 4.79 Å². The molecule has 7 heteroatoms. The third kappa shape index (κ3) is 4.51. The first-order valence-electron chi connectivity index (χ1n) is 11.5. The lowest BCUT2D eigenvalue weighted by Crippen LogP contribution is -2.45. The first-order valence-corrected chi connectivity index (χ1v) is 11.5. The van der Waals surface area contributed by atoms with Crippen LogP contribution in [0, 0.1) is 6.92 Å². The van der Waals surface area contributed by atoms with E-state index in [0.717, 1.165) is 75.0 Å². The number of nitrogens with zero attached hydrogens (tertiary/aromatic N) is 5. The fourth-order valence-electron chi connectivity index (χ4n) is 4.92. The van der Waals surface area contributed by atoms with Crippen LogP contribution in [0.5, 0.6) is 0 Å². The normalized spacial score (nSPS) is 20.5. The Bertz CT molecular complexity index is 918. The summed E-state index contributed by atoms with van der Waals surface area (Å²) in [4.78, 5) is 28.0. The molecule has 31 heavy (non-hydrogen) atoms. The van der Waals surface area contributed by atoms with Gasteiger partial charge in [-0.3, -0.25) is 4.90 Å². The molecule has 3 fully saturated rings. The number of cyclic esters (lactones) is 1. The smallest absolute Gasteiger partial charge is 0.410 e. The third-order valence-corrected chi connectivity index (χ3v) is 6.68. The van der Waals surface area contributed by atoms with Crippen LogP contribution in [0.15, 0.2) is 30.3 Å². The largest absolute Gasteiger partial charge is 0.448 e. The molecular weight excluding hydrogens is 390 g/mol. The van der Waals surface area contributed by atoms with Crippen LogP contribution < -0.4 is 4.90 Å². The van der Waals surface area contributed by atoms with E-state index >= 15 is 0 Å². The van der Waals surface area contributed by atoms with Gasteiger partial charge in [0.25, 0.3) is 0 Å². The summed E-state index contributed by atoms with van der Waals surface area (Å²) in [5.74, 6) is 0.862. The molecule has 0 radical (unpaired) electrons. The molecule has 4 heterocycles. The van der Waals surface area contributed by atoms with Crippen LogP contribution in [0.2, 0.25) is 0 Å². The summed E-state index contributed by atoms with van der Waals surface area (Å²) in [6, 6.07) is 11.2. The van der Waals surface area contributed by atoms with Crippen molar-refractivity contribution in [3.05, 3.63) is 41.6 Å². The Kier molecular flexibility index (Phi) is 5.76. The number of likely N-dealkylation sites (tertiary alicyclic amines) is 1. The highest BCUT2D eigenvalue weighted by Gasteiger charge is 2.32. The minimum Gasteiger partial charge on any atom is -0.448 e. The Balaban J connectivity index is 1.20. The number of piperidine rings is 1. The molecule has 0 spiro atoms. The van der Waals surface area contributed by atoms with E-state index in [2.05, 4.69) is 45.1 Å². The lowest BCUT2D eigenvalue weighted by molar-refractivity contribution is 0.115. The van der Waals surface area contributed by atoms with Crippen molar-refractivity contribution >= 4 is 12.0 Å². The SMILES string of the molecule is Cc1cc(-c2ccc(CN3CCC(N4CCOC4=O)CC3)cc2)nc(N2CCCC2)n1. The van der Waals surface area contributed by atoms with Gasteiger partial charge >= 0.3 is 6.09 Å². The number of benzene rings is 1. The van der Waals surface area contributed by atoms with Crippen LogP contribution in [0.4, 0.5) is 10.7 Å². The third-order valence-electron chi connectivity index (χ3n) is 6.68. The highest BCUT2D eigenvalue weighted by molar-refractivity contribution is 5.69. The van der Waals surface area contributed by atoms with Gasteiger partial charge in [-0.15, -0.1) is 0 Å². The zero-order valence-corrected chi connectivity index (χ0v) is 18.3. The molecule has 2 aromatic rings. The van der Waals surface area contributed by atoms with E-state index < -0.39 is 0 Å². The molecule has 5 rings (SSSR count). The molecule has 3 saturated heterocycles. The molecule has 0 atom stereocenters. The van der Waals surface area contributed by atoms with Gasteiger partial charge in [0.15, 0.2) is 0 Å². The molecule has 0 saturated carbocycles. The van der Waals surface area contributed by atoms with Crippen molar-refractivity contribution in [3.63, 3.8) is 0 Å². The van der Waals surface area contributed by atoms with E-state index in [4.69, 9.17) is 9.72 Å². The van der Waals surface area contributed by atoms with E-state index in [1.807, 2.05) is 11.8 Å². The topological polar surface area (TPSA) is 61.8 Å². The average molecular weight is 422 g/mol. The van der Waals surface area contributed by atoms with Crippen LogP contribution in [0.25, 0.3) is 11.3 Å². The highest BCUT2D eigenvalue weighted by Crippen LogP contribution is 2.25. The molecule has 3 aliphatic heterocycles. The Labute approximate surface area is 184 Å². The molecule has 0 aliphatic carbocycles. The second kappa shape index (κ2) is 8.83. The quantitative estimate of drug-likeness (QED) is 0.737. The Morgan fingerprint density at radius 2 is 1.74 bits per heavy atom. The number of aryl methyl sites for hydroxylation is 1. The van der Waals surface area contributed by atoms with Crippen LogP contribution in [0.3, 0.4) is 0 Å². The first kappa shape index (κ1) is 20.2. The summed E-state index contributed by atoms with van der Waals surface area (Å²) in [6.45, 7) is 8.41. The molecule has 1 aromatic heterocycles. The van der Waals surface area contributed by atoms with E-state index in [-0.39, 0.29) is 6.09 Å². The molecule has 1 amide bonds. The summed E-state index contributed by atoms with van der Waals surface area (Å²) >= 11 is 0. The number of anilines is 1. The van der Waals surface area contributed by atoms with Crippen LogP contribution in [-0.2, 0) is 11.3 Å². The predicted molar refractivity (Wildman–Crippen MR) is 120 cm³/mol. The maximum absolute atomic E-state index is 11.8. The maximum Gasteiger partial charge on any atom is 0.410 e. The summed E-state index contributed by atoms with van der Waals surface area (Å²) in [7, 11) is 0. The number of rotatable bonds is 5. The summed E-state index contributed by atoms with van der Waals surface area (Å²) < 4.78 is 5.09. The maximum atomic E-state index is 11.8. The van der Waals surface area contributed by atoms with Crippen LogP contribution in [0.1, 0.15) is 36.9 Å². The van der Waals surface area contributed by atoms with Crippen molar-refractivity contribution in [3.8, 4) is 11.3 Å². The van der Waals surface area contributed by atoms with Crippen LogP contribution in [-0.4, -0.2) is 71.2 Å². The fraction of sp³-hybridized carbons (Fsp3) is 0.542. The lowest BCUT2D eigenvalue weighted by atomic mass is 10.0. The van der Waals surface area contributed by atoms with Crippen molar-refractivity contribution < 1.29 is 9.53 Å². The molecule has 164 valence electrons. The molecule has 7 nitrogen and oxygen atoms in total. The van der Waals surface area contributed by atoms with Gasteiger partial charge in [-0.1, -0.05) is 24.3 Å². The monoisotopic (exact) mass is 421 g/mol. The van der Waals surface area contributed by atoms with Gasteiger partial charge < -0.3 is 14.5 Å². The zero-order valence-electron chi connectivity index (χ0n) is 18.3. The van der Waals surface area contributed by atoms with Crippen LogP contribution >= 0.6 is 0 Å². The number of hydrogen-bond donors (Lipinski definition) is 0. The van der Waals surface area contributed by atoms with Gasteiger partial charge in [0.1, 0.15) is 6.61 Å². The van der Waals surface area contributed by atoms with Gasteiger partial charge in [-0.05, 0) is 44.2 Å². The van der Waals surface area contributed by atoms with Crippen molar-refractivity contribution in [1.82, 2.24) is 19.8 Å². The van der Waals surface area contributed by atoms with Gasteiger partial charge in [0.05, 0.1) is 12.2 Å². The van der Waals surface area contributed by atoms with E-state index in [1.165, 1.54) is 18.4 Å².